The summed E-state index contributed by atoms with van der Waals surface area (Å²) in [6.45, 7) is 6.92. The van der Waals surface area contributed by atoms with Gasteiger partial charge < -0.3 is 9.64 Å². The second kappa shape index (κ2) is 8.57. The van der Waals surface area contributed by atoms with E-state index in [2.05, 4.69) is 24.1 Å². The Morgan fingerprint density at radius 2 is 1.75 bits per heavy atom. The summed E-state index contributed by atoms with van der Waals surface area (Å²) in [4.78, 5) is 13.8. The smallest absolute Gasteiger partial charge is 0.411 e. The minimum Gasteiger partial charge on any atom is -0.448 e. The zero-order chi connectivity index (χ0) is 15.1. The van der Waals surface area contributed by atoms with Crippen molar-refractivity contribution in [1.29, 1.82) is 0 Å². The molecule has 0 aliphatic heterocycles. The van der Waals surface area contributed by atoms with Crippen molar-refractivity contribution in [1.82, 2.24) is 4.90 Å². The van der Waals surface area contributed by atoms with Gasteiger partial charge in [-0.2, -0.15) is 0 Å². The van der Waals surface area contributed by atoms with Crippen molar-refractivity contribution in [3.63, 3.8) is 0 Å². The Morgan fingerprint density at radius 3 is 2.25 bits per heavy atom. The average molecular weight is 340 g/mol. The molecule has 1 amide bonds. The lowest BCUT2D eigenvalue weighted by atomic mass is 10.3. The van der Waals surface area contributed by atoms with Gasteiger partial charge in [0.05, 0.1) is 15.7 Å². The number of carbonyl (C=O) groups excluding carboxylic acids is 1. The highest BCUT2D eigenvalue weighted by Gasteiger charge is 2.12. The van der Waals surface area contributed by atoms with Crippen molar-refractivity contribution in [2.75, 3.05) is 31.6 Å². The van der Waals surface area contributed by atoms with E-state index in [9.17, 15) is 4.79 Å². The van der Waals surface area contributed by atoms with Crippen molar-refractivity contribution in [3.05, 3.63) is 27.2 Å². The monoisotopic (exact) mass is 338 g/mol. The summed E-state index contributed by atoms with van der Waals surface area (Å²) in [5, 5.41) is 3.45. The summed E-state index contributed by atoms with van der Waals surface area (Å²) in [6.07, 6.45) is -0.594. The van der Waals surface area contributed by atoms with Crippen LogP contribution in [-0.2, 0) is 4.74 Å². The summed E-state index contributed by atoms with van der Waals surface area (Å²) < 4.78 is 5.08. The fraction of sp³-hybridized carbons (Fsp3) is 0.462. The number of amides is 1. The number of ether oxygens (including phenoxy) is 1. The van der Waals surface area contributed by atoms with Crippen LogP contribution in [0.3, 0.4) is 0 Å². The zero-order valence-corrected chi connectivity index (χ0v) is 13.6. The first-order valence-corrected chi connectivity index (χ1v) is 7.42. The Morgan fingerprint density at radius 1 is 1.20 bits per heavy atom. The highest BCUT2D eigenvalue weighted by atomic mass is 35.5. The molecule has 0 saturated heterocycles. The Balaban J connectivity index is 2.51. The largest absolute Gasteiger partial charge is 0.448 e. The van der Waals surface area contributed by atoms with Crippen LogP contribution in [0, 0.1) is 0 Å². The number of anilines is 1. The van der Waals surface area contributed by atoms with Gasteiger partial charge in [0, 0.05) is 11.6 Å². The standard InChI is InChI=1S/C13H17Cl3N2O2/c1-3-18(4-2)5-6-20-13(19)17-12-10(15)7-9(14)8-11(12)16/h7-8H,3-6H2,1-2H3,(H,17,19). The highest BCUT2D eigenvalue weighted by molar-refractivity contribution is 6.42. The molecule has 0 aliphatic carbocycles. The lowest BCUT2D eigenvalue weighted by molar-refractivity contribution is 0.142. The first-order valence-electron chi connectivity index (χ1n) is 6.28. The predicted octanol–water partition coefficient (Wildman–Crippen LogP) is 4.54. The normalized spacial score (nSPS) is 10.7. The molecule has 20 heavy (non-hydrogen) atoms. The lowest BCUT2D eigenvalue weighted by Crippen LogP contribution is -2.28. The van der Waals surface area contributed by atoms with Crippen LogP contribution >= 0.6 is 34.8 Å². The maximum Gasteiger partial charge on any atom is 0.411 e. The molecule has 112 valence electrons. The fourth-order valence-corrected chi connectivity index (χ4v) is 2.52. The molecule has 0 fully saturated rings. The van der Waals surface area contributed by atoms with Crippen LogP contribution in [-0.4, -0.2) is 37.2 Å². The van der Waals surface area contributed by atoms with Crippen LogP contribution in [0.5, 0.6) is 0 Å². The maximum absolute atomic E-state index is 11.7. The van der Waals surface area contributed by atoms with E-state index in [1.165, 1.54) is 12.1 Å². The Labute approximate surface area is 133 Å². The number of hydrogen-bond donors (Lipinski definition) is 1. The molecule has 0 aromatic heterocycles. The van der Waals surface area contributed by atoms with Crippen LogP contribution in [0.2, 0.25) is 15.1 Å². The number of hydrogen-bond acceptors (Lipinski definition) is 3. The van der Waals surface area contributed by atoms with Crippen LogP contribution in [0.4, 0.5) is 10.5 Å². The molecule has 0 saturated carbocycles. The number of likely N-dealkylation sites (N-methyl/N-ethyl adjacent to an activating group) is 1. The third kappa shape index (κ3) is 5.37. The molecule has 0 radical (unpaired) electrons. The molecule has 1 rings (SSSR count). The molecule has 0 atom stereocenters. The molecule has 0 bridgehead atoms. The van der Waals surface area contributed by atoms with E-state index in [1.54, 1.807) is 0 Å². The van der Waals surface area contributed by atoms with Gasteiger partial charge in [0.25, 0.3) is 0 Å². The fourth-order valence-electron chi connectivity index (χ4n) is 1.61. The molecule has 0 unspecified atom stereocenters. The first-order chi connectivity index (χ1) is 9.47. The maximum atomic E-state index is 11.7. The number of halogens is 3. The van der Waals surface area contributed by atoms with Gasteiger partial charge in [-0.15, -0.1) is 0 Å². The molecule has 4 nitrogen and oxygen atoms in total. The predicted molar refractivity (Wildman–Crippen MR) is 84.2 cm³/mol. The lowest BCUT2D eigenvalue weighted by Gasteiger charge is -2.17. The number of nitrogens with one attached hydrogen (secondary N) is 1. The second-order valence-corrected chi connectivity index (χ2v) is 5.28. The quantitative estimate of drug-likeness (QED) is 0.827. The third-order valence-corrected chi connectivity index (χ3v) is 3.58. The van der Waals surface area contributed by atoms with Gasteiger partial charge in [0.2, 0.25) is 0 Å². The average Bonchev–Trinajstić information content (AvgIpc) is 2.39. The van der Waals surface area contributed by atoms with E-state index in [0.29, 0.717) is 23.9 Å². The van der Waals surface area contributed by atoms with Gasteiger partial charge in [0.15, 0.2) is 0 Å². The Hall–Kier alpha value is -0.680. The number of benzene rings is 1. The van der Waals surface area contributed by atoms with Crippen LogP contribution in [0.25, 0.3) is 0 Å². The molecule has 1 aromatic carbocycles. The molecule has 0 aliphatic rings. The molecule has 1 aromatic rings. The third-order valence-electron chi connectivity index (χ3n) is 2.77. The Bertz CT molecular complexity index is 442. The van der Waals surface area contributed by atoms with Gasteiger partial charge >= 0.3 is 6.09 Å². The summed E-state index contributed by atoms with van der Waals surface area (Å²) in [6, 6.07) is 3.00. The summed E-state index contributed by atoms with van der Waals surface area (Å²) in [5.74, 6) is 0. The first kappa shape index (κ1) is 17.4. The molecule has 0 heterocycles. The van der Waals surface area contributed by atoms with Crippen molar-refractivity contribution in [2.45, 2.75) is 13.8 Å². The van der Waals surface area contributed by atoms with Crippen molar-refractivity contribution in [2.24, 2.45) is 0 Å². The molecule has 7 heteroatoms. The highest BCUT2D eigenvalue weighted by Crippen LogP contribution is 2.33. The summed E-state index contributed by atoms with van der Waals surface area (Å²) >= 11 is 17.7. The molecule has 0 spiro atoms. The summed E-state index contributed by atoms with van der Waals surface area (Å²) in [7, 11) is 0. The van der Waals surface area contributed by atoms with E-state index < -0.39 is 6.09 Å². The van der Waals surface area contributed by atoms with E-state index in [4.69, 9.17) is 39.5 Å². The topological polar surface area (TPSA) is 41.6 Å². The van der Waals surface area contributed by atoms with Gasteiger partial charge in [-0.1, -0.05) is 48.7 Å². The van der Waals surface area contributed by atoms with E-state index in [1.807, 2.05) is 0 Å². The second-order valence-electron chi connectivity index (χ2n) is 4.03. The van der Waals surface area contributed by atoms with Crippen LogP contribution in [0.15, 0.2) is 12.1 Å². The van der Waals surface area contributed by atoms with Gasteiger partial charge in [-0.05, 0) is 25.2 Å². The minimum absolute atomic E-state index is 0.267. The Kier molecular flexibility index (Phi) is 7.45. The van der Waals surface area contributed by atoms with Gasteiger partial charge in [0.1, 0.15) is 6.61 Å². The molecular formula is C13H17Cl3N2O2. The van der Waals surface area contributed by atoms with E-state index in [-0.39, 0.29) is 10.0 Å². The van der Waals surface area contributed by atoms with Gasteiger partial charge in [-0.25, -0.2) is 4.79 Å². The van der Waals surface area contributed by atoms with Crippen LogP contribution in [0.1, 0.15) is 13.8 Å². The van der Waals surface area contributed by atoms with Crippen molar-refractivity contribution < 1.29 is 9.53 Å². The molecule has 1 N–H and O–H groups in total. The van der Waals surface area contributed by atoms with E-state index >= 15 is 0 Å². The number of nitrogens with zero attached hydrogens (tertiary/aromatic N) is 1. The van der Waals surface area contributed by atoms with Crippen LogP contribution < -0.4 is 5.32 Å². The number of carbonyl (C=O) groups is 1. The van der Waals surface area contributed by atoms with Crippen molar-refractivity contribution in [3.8, 4) is 0 Å². The zero-order valence-electron chi connectivity index (χ0n) is 11.4. The minimum atomic E-state index is -0.594. The summed E-state index contributed by atoms with van der Waals surface area (Å²) in [5.41, 5.74) is 0.297. The van der Waals surface area contributed by atoms with Gasteiger partial charge in [-0.3, -0.25) is 5.32 Å². The SMILES string of the molecule is CCN(CC)CCOC(=O)Nc1c(Cl)cc(Cl)cc1Cl. The van der Waals surface area contributed by atoms with Crippen molar-refractivity contribution >= 4 is 46.6 Å². The molecular weight excluding hydrogens is 323 g/mol. The number of rotatable bonds is 6. The van der Waals surface area contributed by atoms with E-state index in [0.717, 1.165) is 13.1 Å².